The van der Waals surface area contributed by atoms with E-state index in [2.05, 4.69) is 19.2 Å². The molecule has 0 aliphatic heterocycles. The molecule has 10 heavy (non-hydrogen) atoms. The summed E-state index contributed by atoms with van der Waals surface area (Å²) < 4.78 is 0. The topological polar surface area (TPSA) is 12.0 Å². The van der Waals surface area contributed by atoms with E-state index in [0.717, 1.165) is 12.8 Å². The minimum Gasteiger partial charge on any atom is -0.323 e. The smallest absolute Gasteiger partial charge is 0.0330 e. The molecule has 0 radical (unpaired) electrons. The second-order valence-electron chi connectivity index (χ2n) is 1.91. The molecule has 3 heteroatoms. The molecular formula is C7H19Cl2N. The maximum absolute atomic E-state index is 5.65. The zero-order valence-electron chi connectivity index (χ0n) is 7.28. The third-order valence-corrected chi connectivity index (χ3v) is 1.50. The summed E-state index contributed by atoms with van der Waals surface area (Å²) in [6, 6.07) is 0. The van der Waals surface area contributed by atoms with Crippen LogP contribution in [0.15, 0.2) is 0 Å². The number of rotatable bonds is 2. The molecule has 0 aromatic heterocycles. The number of halogens is 2. The quantitative estimate of drug-likeness (QED) is 0.657. The average Bonchev–Trinajstić information content (AvgIpc) is 1.88. The Hall–Kier alpha value is 0.540. The molecule has 0 fully saturated rings. The summed E-state index contributed by atoms with van der Waals surface area (Å²) in [5.41, 5.74) is 0. The Morgan fingerprint density at radius 1 is 1.20 bits per heavy atom. The molecule has 66 valence electrons. The van der Waals surface area contributed by atoms with Crippen LogP contribution < -0.4 is 5.32 Å². The molecule has 1 nitrogen and oxygen atoms in total. The second-order valence-corrected chi connectivity index (χ2v) is 2.53. The fourth-order valence-corrected chi connectivity index (χ4v) is 0.289. The van der Waals surface area contributed by atoms with Crippen LogP contribution >= 0.6 is 24.0 Å². The molecule has 0 saturated heterocycles. The Bertz CT molecular complexity index is 38.6. The van der Waals surface area contributed by atoms with Crippen molar-refractivity contribution in [2.75, 3.05) is 14.1 Å². The lowest BCUT2D eigenvalue weighted by atomic mass is 10.3. The van der Waals surface area contributed by atoms with Crippen molar-refractivity contribution < 1.29 is 0 Å². The highest BCUT2D eigenvalue weighted by atomic mass is 35.5. The van der Waals surface area contributed by atoms with Crippen molar-refractivity contribution >= 4 is 24.0 Å². The number of alkyl halides is 1. The first-order valence-electron chi connectivity index (χ1n) is 3.45. The minimum atomic E-state index is 0. The lowest BCUT2D eigenvalue weighted by Gasteiger charge is -1.95. The maximum Gasteiger partial charge on any atom is 0.0330 e. The van der Waals surface area contributed by atoms with Crippen LogP contribution in [-0.4, -0.2) is 19.5 Å². The third-order valence-electron chi connectivity index (χ3n) is 0.886. The van der Waals surface area contributed by atoms with Crippen LogP contribution in [0.4, 0.5) is 0 Å². The van der Waals surface area contributed by atoms with Gasteiger partial charge in [-0.2, -0.15) is 0 Å². The van der Waals surface area contributed by atoms with Crippen LogP contribution in [0.25, 0.3) is 0 Å². The highest BCUT2D eigenvalue weighted by Crippen LogP contribution is 2.03. The summed E-state index contributed by atoms with van der Waals surface area (Å²) in [6.07, 6.45) is 2.19. The van der Waals surface area contributed by atoms with Gasteiger partial charge in [0.1, 0.15) is 0 Å². The molecule has 0 aromatic carbocycles. The standard InChI is InChI=1S/C5H11Cl.C2H7N.ClH/c1-3-5(6)4-2;1-3-2;/h5H,3-4H2,1-2H3;3H,1-2H3;1H. The van der Waals surface area contributed by atoms with Gasteiger partial charge in [-0.1, -0.05) is 13.8 Å². The summed E-state index contributed by atoms with van der Waals surface area (Å²) >= 11 is 5.65. The van der Waals surface area contributed by atoms with Gasteiger partial charge in [-0.05, 0) is 26.9 Å². The van der Waals surface area contributed by atoms with Crippen LogP contribution in [0.3, 0.4) is 0 Å². The van der Waals surface area contributed by atoms with Crippen molar-refractivity contribution in [2.45, 2.75) is 32.1 Å². The molecule has 0 heterocycles. The molecule has 0 amide bonds. The molecule has 0 bridgehead atoms. The predicted molar refractivity (Wildman–Crippen MR) is 52.5 cm³/mol. The fraction of sp³-hybridized carbons (Fsp3) is 1.00. The van der Waals surface area contributed by atoms with Gasteiger partial charge in [-0.25, -0.2) is 0 Å². The first-order valence-corrected chi connectivity index (χ1v) is 3.89. The molecule has 0 aliphatic carbocycles. The van der Waals surface area contributed by atoms with Gasteiger partial charge in [0.05, 0.1) is 0 Å². The molecular weight excluding hydrogens is 169 g/mol. The summed E-state index contributed by atoms with van der Waals surface area (Å²) in [6.45, 7) is 4.20. The van der Waals surface area contributed by atoms with Gasteiger partial charge in [0, 0.05) is 5.38 Å². The van der Waals surface area contributed by atoms with E-state index in [-0.39, 0.29) is 12.4 Å². The molecule has 1 N–H and O–H groups in total. The van der Waals surface area contributed by atoms with Gasteiger partial charge in [-0.15, -0.1) is 24.0 Å². The lowest BCUT2D eigenvalue weighted by molar-refractivity contribution is 0.782. The van der Waals surface area contributed by atoms with Crippen molar-refractivity contribution in [1.82, 2.24) is 5.32 Å². The number of hydrogen-bond acceptors (Lipinski definition) is 1. The number of hydrogen-bond donors (Lipinski definition) is 1. The van der Waals surface area contributed by atoms with Gasteiger partial charge >= 0.3 is 0 Å². The van der Waals surface area contributed by atoms with Crippen LogP contribution in [0, 0.1) is 0 Å². The Morgan fingerprint density at radius 2 is 1.40 bits per heavy atom. The van der Waals surface area contributed by atoms with E-state index in [1.165, 1.54) is 0 Å². The molecule has 0 unspecified atom stereocenters. The second kappa shape index (κ2) is 16.3. The van der Waals surface area contributed by atoms with Crippen molar-refractivity contribution in [3.8, 4) is 0 Å². The fourth-order valence-electron chi connectivity index (χ4n) is 0.289. The first kappa shape index (κ1) is 16.9. The Labute approximate surface area is 75.9 Å². The first-order chi connectivity index (χ1) is 4.22. The molecule has 0 saturated carbocycles. The van der Waals surface area contributed by atoms with Gasteiger partial charge in [0.2, 0.25) is 0 Å². The molecule has 0 rings (SSSR count). The van der Waals surface area contributed by atoms with Gasteiger partial charge in [-0.3, -0.25) is 0 Å². The number of nitrogens with one attached hydrogen (secondary N) is 1. The van der Waals surface area contributed by atoms with E-state index in [1.54, 1.807) is 0 Å². The van der Waals surface area contributed by atoms with E-state index in [1.807, 2.05) is 14.1 Å². The largest absolute Gasteiger partial charge is 0.323 e. The highest BCUT2D eigenvalue weighted by Gasteiger charge is 1.91. The van der Waals surface area contributed by atoms with Gasteiger partial charge in [0.15, 0.2) is 0 Å². The molecule has 0 atom stereocenters. The van der Waals surface area contributed by atoms with Gasteiger partial charge < -0.3 is 5.32 Å². The van der Waals surface area contributed by atoms with E-state index in [0.29, 0.717) is 5.38 Å². The normalized spacial score (nSPS) is 7.80. The Kier molecular flexibility index (Phi) is 27.4. The van der Waals surface area contributed by atoms with Crippen LogP contribution in [0.5, 0.6) is 0 Å². The Morgan fingerprint density at radius 3 is 1.40 bits per heavy atom. The van der Waals surface area contributed by atoms with Crippen molar-refractivity contribution in [1.29, 1.82) is 0 Å². The molecule has 0 aliphatic rings. The average molecular weight is 188 g/mol. The minimum absolute atomic E-state index is 0. The monoisotopic (exact) mass is 187 g/mol. The van der Waals surface area contributed by atoms with E-state index in [9.17, 15) is 0 Å². The SMILES string of the molecule is CCC(Cl)CC.CNC.Cl. The lowest BCUT2D eigenvalue weighted by Crippen LogP contribution is -1.89. The zero-order valence-corrected chi connectivity index (χ0v) is 8.85. The third kappa shape index (κ3) is 23.6. The van der Waals surface area contributed by atoms with Crippen LogP contribution in [0.2, 0.25) is 0 Å². The van der Waals surface area contributed by atoms with E-state index in [4.69, 9.17) is 11.6 Å². The maximum atomic E-state index is 5.65. The zero-order chi connectivity index (χ0) is 7.70. The van der Waals surface area contributed by atoms with E-state index >= 15 is 0 Å². The predicted octanol–water partition coefficient (Wildman–Crippen LogP) is 2.67. The Balaban J connectivity index is -0.000000107. The van der Waals surface area contributed by atoms with Crippen molar-refractivity contribution in [3.63, 3.8) is 0 Å². The summed E-state index contributed by atoms with van der Waals surface area (Å²) in [4.78, 5) is 0. The molecule has 0 aromatic rings. The van der Waals surface area contributed by atoms with Crippen LogP contribution in [-0.2, 0) is 0 Å². The van der Waals surface area contributed by atoms with E-state index < -0.39 is 0 Å². The van der Waals surface area contributed by atoms with Crippen LogP contribution in [0.1, 0.15) is 26.7 Å². The van der Waals surface area contributed by atoms with Crippen molar-refractivity contribution in [2.24, 2.45) is 0 Å². The molecule has 0 spiro atoms. The van der Waals surface area contributed by atoms with Crippen molar-refractivity contribution in [3.05, 3.63) is 0 Å². The summed E-state index contributed by atoms with van der Waals surface area (Å²) in [7, 11) is 3.75. The van der Waals surface area contributed by atoms with Gasteiger partial charge in [0.25, 0.3) is 0 Å². The summed E-state index contributed by atoms with van der Waals surface area (Å²) in [5.74, 6) is 0. The highest BCUT2D eigenvalue weighted by molar-refractivity contribution is 6.20. The summed E-state index contributed by atoms with van der Waals surface area (Å²) in [5, 5.41) is 3.16.